The van der Waals surface area contributed by atoms with Crippen LogP contribution in [0, 0.1) is 5.92 Å². The van der Waals surface area contributed by atoms with Crippen molar-refractivity contribution in [1.82, 2.24) is 9.55 Å². The fourth-order valence-corrected chi connectivity index (χ4v) is 2.39. The lowest BCUT2D eigenvalue weighted by Gasteiger charge is -2.14. The van der Waals surface area contributed by atoms with E-state index in [0.717, 1.165) is 17.1 Å². The number of imidazole rings is 1. The quantitative estimate of drug-likeness (QED) is 0.849. The molecule has 0 aliphatic carbocycles. The smallest absolute Gasteiger partial charge is 0.306 e. The van der Waals surface area contributed by atoms with E-state index in [1.807, 2.05) is 42.1 Å². The zero-order valence-electron chi connectivity index (χ0n) is 12.3. The molecule has 1 N–H and O–H groups in total. The number of benzene rings is 1. The molecule has 5 nitrogen and oxygen atoms in total. The summed E-state index contributed by atoms with van der Waals surface area (Å²) in [5.74, 6) is 0.412. The second-order valence-electron chi connectivity index (χ2n) is 5.04. The predicted molar refractivity (Wildman–Crippen MR) is 79.4 cm³/mol. The maximum absolute atomic E-state index is 11.5. The third-order valence-electron chi connectivity index (χ3n) is 3.65. The zero-order valence-corrected chi connectivity index (χ0v) is 12.3. The minimum atomic E-state index is -0.782. The number of aromatic nitrogens is 2. The van der Waals surface area contributed by atoms with Crippen LogP contribution in [0.1, 0.15) is 17.8 Å². The Balaban J connectivity index is 2.05. The van der Waals surface area contributed by atoms with E-state index >= 15 is 0 Å². The number of hydrogen-bond donors (Lipinski definition) is 1. The number of ether oxygens (including phenoxy) is 1. The number of nitrogens with zero attached hydrogens (tertiary/aromatic N) is 2. The van der Waals surface area contributed by atoms with Crippen LogP contribution < -0.4 is 4.74 Å². The van der Waals surface area contributed by atoms with Gasteiger partial charge in [0, 0.05) is 25.9 Å². The summed E-state index contributed by atoms with van der Waals surface area (Å²) in [5.41, 5.74) is 0.923. The molecular formula is C16H20N2O3. The summed E-state index contributed by atoms with van der Waals surface area (Å²) in [5, 5.41) is 9.43. The highest BCUT2D eigenvalue weighted by Gasteiger charge is 2.20. The summed E-state index contributed by atoms with van der Waals surface area (Å²) in [6.45, 7) is 0. The Morgan fingerprint density at radius 2 is 2.19 bits per heavy atom. The summed E-state index contributed by atoms with van der Waals surface area (Å²) < 4.78 is 7.20. The molecule has 1 unspecified atom stereocenters. The van der Waals surface area contributed by atoms with E-state index < -0.39 is 11.9 Å². The Kier molecular flexibility index (Phi) is 4.98. The summed E-state index contributed by atoms with van der Waals surface area (Å²) in [6.07, 6.45) is 5.26. The highest BCUT2D eigenvalue weighted by Crippen LogP contribution is 2.23. The third kappa shape index (κ3) is 3.84. The van der Waals surface area contributed by atoms with Crippen LogP contribution in [0.25, 0.3) is 0 Å². The van der Waals surface area contributed by atoms with Crippen molar-refractivity contribution in [3.63, 3.8) is 0 Å². The van der Waals surface area contributed by atoms with Crippen LogP contribution in [0.3, 0.4) is 0 Å². The van der Waals surface area contributed by atoms with Gasteiger partial charge < -0.3 is 14.4 Å². The Hall–Kier alpha value is -2.30. The van der Waals surface area contributed by atoms with Crippen molar-refractivity contribution in [2.75, 3.05) is 7.11 Å². The molecule has 5 heteroatoms. The normalized spacial score (nSPS) is 12.1. The van der Waals surface area contributed by atoms with Crippen LogP contribution in [-0.2, 0) is 24.7 Å². The molecule has 1 aromatic carbocycles. The van der Waals surface area contributed by atoms with E-state index in [9.17, 15) is 9.90 Å². The number of aryl methyl sites for hydroxylation is 2. The lowest BCUT2D eigenvalue weighted by Crippen LogP contribution is -2.18. The number of carbonyl (C=O) groups is 1. The van der Waals surface area contributed by atoms with E-state index in [1.54, 1.807) is 13.3 Å². The van der Waals surface area contributed by atoms with Crippen molar-refractivity contribution in [2.24, 2.45) is 13.0 Å². The molecular weight excluding hydrogens is 268 g/mol. The maximum Gasteiger partial charge on any atom is 0.306 e. The van der Waals surface area contributed by atoms with Gasteiger partial charge in [0.05, 0.1) is 13.0 Å². The van der Waals surface area contributed by atoms with Gasteiger partial charge in [-0.1, -0.05) is 18.2 Å². The molecule has 0 spiro atoms. The molecule has 21 heavy (non-hydrogen) atoms. The van der Waals surface area contributed by atoms with Crippen LogP contribution in [-0.4, -0.2) is 27.7 Å². The number of rotatable bonds is 7. The first-order chi connectivity index (χ1) is 10.1. The van der Waals surface area contributed by atoms with Gasteiger partial charge in [-0.05, 0) is 24.5 Å². The third-order valence-corrected chi connectivity index (χ3v) is 3.65. The van der Waals surface area contributed by atoms with Gasteiger partial charge in [-0.3, -0.25) is 4.79 Å². The number of methoxy groups -OCH3 is 1. The molecule has 0 fully saturated rings. The topological polar surface area (TPSA) is 64.4 Å². The van der Waals surface area contributed by atoms with Crippen molar-refractivity contribution < 1.29 is 14.6 Å². The number of aliphatic carboxylic acids is 1. The summed E-state index contributed by atoms with van der Waals surface area (Å²) in [4.78, 5) is 15.7. The van der Waals surface area contributed by atoms with Gasteiger partial charge in [-0.25, -0.2) is 4.98 Å². The zero-order chi connectivity index (χ0) is 15.2. The fraction of sp³-hybridized carbons (Fsp3) is 0.375. The molecule has 1 aromatic heterocycles. The number of carboxylic acids is 1. The van der Waals surface area contributed by atoms with Gasteiger partial charge in [0.2, 0.25) is 0 Å². The highest BCUT2D eigenvalue weighted by atomic mass is 16.5. The molecule has 0 aliphatic heterocycles. The van der Waals surface area contributed by atoms with Gasteiger partial charge in [-0.15, -0.1) is 0 Å². The second kappa shape index (κ2) is 6.92. The summed E-state index contributed by atoms with van der Waals surface area (Å²) >= 11 is 0. The van der Waals surface area contributed by atoms with E-state index in [2.05, 4.69) is 4.98 Å². The molecule has 0 radical (unpaired) electrons. The Labute approximate surface area is 124 Å². The fourth-order valence-electron chi connectivity index (χ4n) is 2.39. The molecule has 1 atom stereocenters. The van der Waals surface area contributed by atoms with Crippen molar-refractivity contribution in [1.29, 1.82) is 0 Å². The number of para-hydroxylation sites is 1. The first kappa shape index (κ1) is 15.1. The van der Waals surface area contributed by atoms with Crippen LogP contribution in [0.5, 0.6) is 5.75 Å². The first-order valence-electron chi connectivity index (χ1n) is 6.92. The van der Waals surface area contributed by atoms with Gasteiger partial charge >= 0.3 is 5.97 Å². The van der Waals surface area contributed by atoms with Gasteiger partial charge in [0.1, 0.15) is 11.6 Å². The number of carboxylic acid groups (broad SMARTS) is 1. The standard InChI is InChI=1S/C16H20N2O3/c1-18-10-9-17-15(18)8-7-13(16(19)20)11-12-5-3-4-6-14(12)21-2/h3-6,9-10,13H,7-8,11H2,1-2H3,(H,19,20). The molecule has 1 heterocycles. The minimum Gasteiger partial charge on any atom is -0.496 e. The lowest BCUT2D eigenvalue weighted by atomic mass is 9.94. The Bertz CT molecular complexity index is 607. The molecule has 112 valence electrons. The molecule has 0 saturated carbocycles. The van der Waals surface area contributed by atoms with Crippen LogP contribution >= 0.6 is 0 Å². The lowest BCUT2D eigenvalue weighted by molar-refractivity contribution is -0.141. The van der Waals surface area contributed by atoms with Crippen LogP contribution in [0.2, 0.25) is 0 Å². The second-order valence-corrected chi connectivity index (χ2v) is 5.04. The van der Waals surface area contributed by atoms with E-state index in [4.69, 9.17) is 4.74 Å². The van der Waals surface area contributed by atoms with Crippen LogP contribution in [0.4, 0.5) is 0 Å². The Morgan fingerprint density at radius 3 is 2.81 bits per heavy atom. The Morgan fingerprint density at radius 1 is 1.43 bits per heavy atom. The maximum atomic E-state index is 11.5. The monoisotopic (exact) mass is 288 g/mol. The molecule has 0 bridgehead atoms. The number of hydrogen-bond acceptors (Lipinski definition) is 3. The summed E-state index contributed by atoms with van der Waals surface area (Å²) in [6, 6.07) is 7.55. The largest absolute Gasteiger partial charge is 0.496 e. The first-order valence-corrected chi connectivity index (χ1v) is 6.92. The van der Waals surface area contributed by atoms with E-state index in [-0.39, 0.29) is 0 Å². The predicted octanol–water partition coefficient (Wildman–Crippen LogP) is 2.30. The van der Waals surface area contributed by atoms with Gasteiger partial charge in [0.15, 0.2) is 0 Å². The van der Waals surface area contributed by atoms with E-state index in [1.165, 1.54) is 0 Å². The SMILES string of the molecule is COc1ccccc1CC(CCc1nccn1C)C(=O)O. The molecule has 2 aromatic rings. The summed E-state index contributed by atoms with van der Waals surface area (Å²) in [7, 11) is 3.51. The van der Waals surface area contributed by atoms with Crippen molar-refractivity contribution >= 4 is 5.97 Å². The molecule has 0 saturated heterocycles. The molecule has 0 amide bonds. The van der Waals surface area contributed by atoms with Crippen molar-refractivity contribution in [3.8, 4) is 5.75 Å². The van der Waals surface area contributed by atoms with Crippen molar-refractivity contribution in [3.05, 3.63) is 48.0 Å². The van der Waals surface area contributed by atoms with Crippen LogP contribution in [0.15, 0.2) is 36.7 Å². The molecule has 2 rings (SSSR count). The van der Waals surface area contributed by atoms with Gasteiger partial charge in [0.25, 0.3) is 0 Å². The highest BCUT2D eigenvalue weighted by molar-refractivity contribution is 5.70. The van der Waals surface area contributed by atoms with Crippen molar-refractivity contribution in [2.45, 2.75) is 19.3 Å². The minimum absolute atomic E-state index is 0.446. The van der Waals surface area contributed by atoms with Gasteiger partial charge in [-0.2, -0.15) is 0 Å². The van der Waals surface area contributed by atoms with E-state index in [0.29, 0.717) is 19.3 Å². The molecule has 0 aliphatic rings. The average molecular weight is 288 g/mol. The average Bonchev–Trinajstić information content (AvgIpc) is 2.89.